The van der Waals surface area contributed by atoms with Gasteiger partial charge in [-0.2, -0.15) is 0 Å². The molecule has 11 heavy (non-hydrogen) atoms. The van der Waals surface area contributed by atoms with Gasteiger partial charge in [-0.3, -0.25) is 4.79 Å². The summed E-state index contributed by atoms with van der Waals surface area (Å²) in [6, 6.07) is 0. The molecule has 1 unspecified atom stereocenters. The van der Waals surface area contributed by atoms with Crippen molar-refractivity contribution in [1.82, 2.24) is 5.48 Å². The average molecular weight is 153 g/mol. The first-order chi connectivity index (χ1) is 5.33. The van der Waals surface area contributed by atoms with Crippen LogP contribution in [0.3, 0.4) is 0 Å². The predicted molar refractivity (Wildman–Crippen MR) is 39.6 cm³/mol. The molecule has 1 saturated carbocycles. The van der Waals surface area contributed by atoms with Crippen molar-refractivity contribution in [3.8, 4) is 0 Å². The molecule has 1 spiro atoms. The lowest BCUT2D eigenvalue weighted by Gasteiger charge is -2.28. The Hall–Kier alpha value is -0.830. The zero-order valence-electron chi connectivity index (χ0n) is 6.30. The van der Waals surface area contributed by atoms with Crippen LogP contribution in [0, 0.1) is 0 Å². The third-order valence-electron chi connectivity index (χ3n) is 2.38. The number of hydroxylamine groups is 1. The summed E-state index contributed by atoms with van der Waals surface area (Å²) in [4.78, 5) is 16.3. The van der Waals surface area contributed by atoms with Crippen molar-refractivity contribution in [2.24, 2.45) is 0 Å². The van der Waals surface area contributed by atoms with E-state index in [4.69, 9.17) is 4.84 Å². The molecule has 2 aliphatic rings. The summed E-state index contributed by atoms with van der Waals surface area (Å²) in [7, 11) is 0. The third kappa shape index (κ3) is 0.959. The highest BCUT2D eigenvalue weighted by molar-refractivity contribution is 5.91. The summed E-state index contributed by atoms with van der Waals surface area (Å²) in [5.41, 5.74) is 2.30. The van der Waals surface area contributed by atoms with Crippen molar-refractivity contribution >= 4 is 5.78 Å². The molecule has 0 aromatic carbocycles. The van der Waals surface area contributed by atoms with Crippen LogP contribution in [-0.4, -0.2) is 11.3 Å². The van der Waals surface area contributed by atoms with Crippen LogP contribution in [0.1, 0.15) is 25.7 Å². The highest BCUT2D eigenvalue weighted by Crippen LogP contribution is 2.28. The van der Waals surface area contributed by atoms with Crippen LogP contribution in [0.25, 0.3) is 0 Å². The second-order valence-corrected chi connectivity index (χ2v) is 3.12. The van der Waals surface area contributed by atoms with E-state index in [0.717, 1.165) is 19.3 Å². The summed E-state index contributed by atoms with van der Waals surface area (Å²) >= 11 is 0. The summed E-state index contributed by atoms with van der Waals surface area (Å²) in [5.74, 6) is 0.262. The van der Waals surface area contributed by atoms with Gasteiger partial charge in [0.25, 0.3) is 0 Å². The van der Waals surface area contributed by atoms with Gasteiger partial charge in [-0.1, -0.05) is 6.42 Å². The molecule has 3 nitrogen and oxygen atoms in total. The van der Waals surface area contributed by atoms with Crippen LogP contribution in [0.2, 0.25) is 0 Å². The van der Waals surface area contributed by atoms with Gasteiger partial charge in [0.05, 0.1) is 0 Å². The fourth-order valence-corrected chi connectivity index (χ4v) is 1.66. The highest BCUT2D eigenvalue weighted by Gasteiger charge is 2.40. The normalized spacial score (nSPS) is 36.2. The Kier molecular flexibility index (Phi) is 1.46. The molecule has 0 saturated heterocycles. The molecule has 3 heteroatoms. The summed E-state index contributed by atoms with van der Waals surface area (Å²) in [5, 5.41) is 0. The van der Waals surface area contributed by atoms with E-state index >= 15 is 0 Å². The second-order valence-electron chi connectivity index (χ2n) is 3.12. The minimum atomic E-state index is -0.460. The van der Waals surface area contributed by atoms with Crippen LogP contribution < -0.4 is 5.48 Å². The highest BCUT2D eigenvalue weighted by atomic mass is 16.6. The van der Waals surface area contributed by atoms with E-state index < -0.39 is 5.54 Å². The van der Waals surface area contributed by atoms with E-state index in [1.807, 2.05) is 6.08 Å². The van der Waals surface area contributed by atoms with E-state index in [9.17, 15) is 4.79 Å². The number of Topliss-reactive ketones (excluding diaryl/α,β-unsaturated/α-hetero) is 1. The van der Waals surface area contributed by atoms with Crippen molar-refractivity contribution in [1.29, 1.82) is 0 Å². The molecule has 0 radical (unpaired) electrons. The molecule has 60 valence electrons. The largest absolute Gasteiger partial charge is 0.416 e. The van der Waals surface area contributed by atoms with E-state index in [2.05, 4.69) is 5.48 Å². The number of nitrogens with one attached hydrogen (secondary N) is 1. The standard InChI is InChI=1S/C8H11NO2/c10-7-3-1-2-4-8(7)5-6-11-9-8/h5-6,9H,1-4H2. The Morgan fingerprint density at radius 3 is 3.09 bits per heavy atom. The van der Waals surface area contributed by atoms with Gasteiger partial charge >= 0.3 is 0 Å². The molecule has 1 atom stereocenters. The first-order valence-corrected chi connectivity index (χ1v) is 3.97. The van der Waals surface area contributed by atoms with Crippen molar-refractivity contribution < 1.29 is 9.63 Å². The molecule has 0 aromatic heterocycles. The number of carbonyl (C=O) groups is 1. The van der Waals surface area contributed by atoms with Crippen molar-refractivity contribution in [2.45, 2.75) is 31.2 Å². The van der Waals surface area contributed by atoms with Gasteiger partial charge in [-0.25, -0.2) is 0 Å². The molecule has 1 N–H and O–H groups in total. The maximum atomic E-state index is 11.4. The summed E-state index contributed by atoms with van der Waals surface area (Å²) in [6.07, 6.45) is 7.07. The van der Waals surface area contributed by atoms with Gasteiger partial charge in [0.1, 0.15) is 11.8 Å². The first kappa shape index (κ1) is 6.85. The Bertz CT molecular complexity index is 212. The maximum absolute atomic E-state index is 11.4. The molecular formula is C8H11NO2. The summed E-state index contributed by atoms with van der Waals surface area (Å²) < 4.78 is 0. The Labute approximate surface area is 65.4 Å². The SMILES string of the molecule is O=C1CCCCC12C=CON2. The smallest absolute Gasteiger partial charge is 0.160 e. The predicted octanol–water partition coefficient (Wildman–Crippen LogP) is 0.917. The Morgan fingerprint density at radius 1 is 1.55 bits per heavy atom. The Morgan fingerprint density at radius 2 is 2.45 bits per heavy atom. The fourth-order valence-electron chi connectivity index (χ4n) is 1.66. The molecule has 1 aliphatic heterocycles. The van der Waals surface area contributed by atoms with E-state index in [1.54, 1.807) is 6.26 Å². The van der Waals surface area contributed by atoms with Crippen LogP contribution in [0.5, 0.6) is 0 Å². The Balaban J connectivity index is 2.21. The van der Waals surface area contributed by atoms with Crippen molar-refractivity contribution in [3.05, 3.63) is 12.3 Å². The minimum absolute atomic E-state index is 0.262. The summed E-state index contributed by atoms with van der Waals surface area (Å²) in [6.45, 7) is 0. The van der Waals surface area contributed by atoms with Gasteiger partial charge in [0.2, 0.25) is 0 Å². The molecule has 1 heterocycles. The number of carbonyl (C=O) groups excluding carboxylic acids is 1. The number of rotatable bonds is 0. The van der Waals surface area contributed by atoms with Gasteiger partial charge in [0.15, 0.2) is 5.78 Å². The monoisotopic (exact) mass is 153 g/mol. The minimum Gasteiger partial charge on any atom is -0.416 e. The number of hydrogen-bond acceptors (Lipinski definition) is 3. The van der Waals surface area contributed by atoms with E-state index in [-0.39, 0.29) is 5.78 Å². The van der Waals surface area contributed by atoms with E-state index in [0.29, 0.717) is 6.42 Å². The molecule has 1 fully saturated rings. The average Bonchev–Trinajstić information content (AvgIpc) is 2.46. The third-order valence-corrected chi connectivity index (χ3v) is 2.38. The van der Waals surface area contributed by atoms with Crippen LogP contribution in [-0.2, 0) is 9.63 Å². The maximum Gasteiger partial charge on any atom is 0.160 e. The topological polar surface area (TPSA) is 38.3 Å². The lowest BCUT2D eigenvalue weighted by Crippen LogP contribution is -2.48. The van der Waals surface area contributed by atoms with Gasteiger partial charge in [0, 0.05) is 6.42 Å². The number of hydrogen-bond donors (Lipinski definition) is 1. The fraction of sp³-hybridized carbons (Fsp3) is 0.625. The second kappa shape index (κ2) is 2.34. The van der Waals surface area contributed by atoms with E-state index in [1.165, 1.54) is 0 Å². The molecule has 1 aliphatic carbocycles. The molecule has 0 aromatic rings. The number of ketones is 1. The van der Waals surface area contributed by atoms with Crippen molar-refractivity contribution in [3.63, 3.8) is 0 Å². The zero-order valence-corrected chi connectivity index (χ0v) is 6.30. The van der Waals surface area contributed by atoms with Crippen LogP contribution >= 0.6 is 0 Å². The van der Waals surface area contributed by atoms with Crippen LogP contribution in [0.4, 0.5) is 0 Å². The quantitative estimate of drug-likeness (QED) is 0.562. The molecule has 0 amide bonds. The molecule has 2 rings (SSSR count). The molecule has 0 bridgehead atoms. The first-order valence-electron chi connectivity index (χ1n) is 3.97. The van der Waals surface area contributed by atoms with Crippen molar-refractivity contribution in [2.75, 3.05) is 0 Å². The molecular weight excluding hydrogens is 142 g/mol. The van der Waals surface area contributed by atoms with Gasteiger partial charge in [-0.15, -0.1) is 5.48 Å². The lowest BCUT2D eigenvalue weighted by molar-refractivity contribution is -0.128. The lowest BCUT2D eigenvalue weighted by atomic mass is 9.81. The zero-order chi connectivity index (χ0) is 7.73. The van der Waals surface area contributed by atoms with Gasteiger partial charge in [-0.05, 0) is 18.9 Å². The van der Waals surface area contributed by atoms with Crippen LogP contribution in [0.15, 0.2) is 12.3 Å². The van der Waals surface area contributed by atoms with Gasteiger partial charge < -0.3 is 4.84 Å².